The van der Waals surface area contributed by atoms with E-state index in [1.54, 1.807) is 0 Å². The molecule has 3 rings (SSSR count). The van der Waals surface area contributed by atoms with Crippen LogP contribution >= 0.6 is 11.6 Å². The summed E-state index contributed by atoms with van der Waals surface area (Å²) in [5.74, 6) is 0.329. The van der Waals surface area contributed by atoms with Crippen molar-refractivity contribution in [3.05, 3.63) is 35.5 Å². The lowest BCUT2D eigenvalue weighted by molar-refractivity contribution is -0.142. The molecule has 1 amide bonds. The molecule has 1 aromatic heterocycles. The van der Waals surface area contributed by atoms with Gasteiger partial charge in [-0.25, -0.2) is 0 Å². The van der Waals surface area contributed by atoms with Gasteiger partial charge in [0.1, 0.15) is 0 Å². The Bertz CT molecular complexity index is 763. The number of aryl methyl sites for hydroxylation is 1. The predicted molar refractivity (Wildman–Crippen MR) is 97.5 cm³/mol. The highest BCUT2D eigenvalue weighted by molar-refractivity contribution is 6.35. The number of amides is 1. The number of piperidine rings is 1. The number of halogens is 1. The van der Waals surface area contributed by atoms with E-state index in [9.17, 15) is 9.59 Å². The summed E-state index contributed by atoms with van der Waals surface area (Å²) in [4.78, 5) is 25.7. The number of esters is 1. The van der Waals surface area contributed by atoms with Crippen LogP contribution in [-0.4, -0.2) is 41.5 Å². The molecule has 25 heavy (non-hydrogen) atoms. The minimum absolute atomic E-state index is 0.164. The highest BCUT2D eigenvalue weighted by atomic mass is 35.5. The minimum Gasteiger partial charge on any atom is -0.469 e. The molecule has 0 unspecified atom stereocenters. The molecule has 134 valence electrons. The fourth-order valence-electron chi connectivity index (χ4n) is 3.46. The van der Waals surface area contributed by atoms with Crippen molar-refractivity contribution in [2.45, 2.75) is 32.2 Å². The molecule has 1 aliphatic rings. The Hall–Kier alpha value is -2.01. The highest BCUT2D eigenvalue weighted by Crippen LogP contribution is 2.25. The number of hydrogen-bond acceptors (Lipinski definition) is 3. The number of carbonyl (C=O) groups excluding carboxylic acids is 2. The van der Waals surface area contributed by atoms with Crippen LogP contribution < -0.4 is 0 Å². The molecule has 1 aromatic carbocycles. The molecule has 2 heterocycles. The van der Waals surface area contributed by atoms with E-state index in [-0.39, 0.29) is 11.9 Å². The zero-order chi connectivity index (χ0) is 17.8. The number of nitrogens with zero attached hydrogens (tertiary/aromatic N) is 2. The van der Waals surface area contributed by atoms with Crippen LogP contribution in [0.1, 0.15) is 25.7 Å². The van der Waals surface area contributed by atoms with E-state index in [0.717, 1.165) is 41.9 Å². The van der Waals surface area contributed by atoms with Crippen molar-refractivity contribution in [2.75, 3.05) is 20.2 Å². The van der Waals surface area contributed by atoms with Crippen LogP contribution in [0.4, 0.5) is 0 Å². The Kier molecular flexibility index (Phi) is 5.63. The highest BCUT2D eigenvalue weighted by Gasteiger charge is 2.24. The molecule has 0 spiro atoms. The molecule has 5 nitrogen and oxygen atoms in total. The Labute approximate surface area is 152 Å². The number of fused-ring (bicyclic) bond motifs is 1. The fraction of sp³-hybridized carbons (Fsp3) is 0.474. The van der Waals surface area contributed by atoms with Crippen molar-refractivity contribution < 1.29 is 14.3 Å². The minimum atomic E-state index is -0.164. The maximum Gasteiger partial charge on any atom is 0.305 e. The maximum absolute atomic E-state index is 12.5. The van der Waals surface area contributed by atoms with Gasteiger partial charge in [-0.05, 0) is 37.0 Å². The Morgan fingerprint density at radius 3 is 2.72 bits per heavy atom. The third-order valence-electron chi connectivity index (χ3n) is 4.98. The quantitative estimate of drug-likeness (QED) is 0.765. The molecule has 1 saturated heterocycles. The fourth-order valence-corrected chi connectivity index (χ4v) is 3.69. The number of carbonyl (C=O) groups is 2. The number of hydrogen-bond donors (Lipinski definition) is 0. The van der Waals surface area contributed by atoms with Gasteiger partial charge in [0, 0.05) is 54.6 Å². The lowest BCUT2D eigenvalue weighted by Crippen LogP contribution is -2.39. The van der Waals surface area contributed by atoms with Gasteiger partial charge in [-0.3, -0.25) is 9.59 Å². The molecule has 0 N–H and O–H groups in total. The van der Waals surface area contributed by atoms with Crippen molar-refractivity contribution in [1.29, 1.82) is 0 Å². The third kappa shape index (κ3) is 4.15. The number of benzene rings is 1. The van der Waals surface area contributed by atoms with E-state index >= 15 is 0 Å². The van der Waals surface area contributed by atoms with Crippen molar-refractivity contribution >= 4 is 34.4 Å². The first-order valence-electron chi connectivity index (χ1n) is 8.66. The monoisotopic (exact) mass is 362 g/mol. The Balaban J connectivity index is 1.51. The molecule has 0 saturated carbocycles. The van der Waals surface area contributed by atoms with Gasteiger partial charge in [-0.15, -0.1) is 0 Å². The first-order valence-corrected chi connectivity index (χ1v) is 9.04. The van der Waals surface area contributed by atoms with Gasteiger partial charge in [0.2, 0.25) is 5.91 Å². The topological polar surface area (TPSA) is 51.5 Å². The van der Waals surface area contributed by atoms with Crippen molar-refractivity contribution in [3.63, 3.8) is 0 Å². The molecule has 6 heteroatoms. The molecular weight excluding hydrogens is 340 g/mol. The lowest BCUT2D eigenvalue weighted by Gasteiger charge is -2.31. The van der Waals surface area contributed by atoms with Crippen molar-refractivity contribution in [1.82, 2.24) is 9.47 Å². The van der Waals surface area contributed by atoms with Gasteiger partial charge >= 0.3 is 5.97 Å². The number of rotatable bonds is 5. The first kappa shape index (κ1) is 17.8. The van der Waals surface area contributed by atoms with E-state index in [1.165, 1.54) is 7.11 Å². The number of likely N-dealkylation sites (tertiary alicyclic amines) is 1. The summed E-state index contributed by atoms with van der Waals surface area (Å²) in [5, 5.41) is 1.75. The van der Waals surface area contributed by atoms with E-state index in [0.29, 0.717) is 25.3 Å². The average molecular weight is 363 g/mol. The number of ether oxygens (including phenoxy) is 1. The van der Waals surface area contributed by atoms with Gasteiger partial charge in [0.15, 0.2) is 0 Å². The van der Waals surface area contributed by atoms with Gasteiger partial charge in [-0.2, -0.15) is 0 Å². The van der Waals surface area contributed by atoms with Crippen LogP contribution in [0, 0.1) is 5.92 Å². The predicted octanol–water partition coefficient (Wildman–Crippen LogP) is 3.49. The molecule has 0 aliphatic carbocycles. The second-order valence-electron chi connectivity index (χ2n) is 6.54. The zero-order valence-electron chi connectivity index (χ0n) is 14.4. The van der Waals surface area contributed by atoms with Crippen LogP contribution in [0.3, 0.4) is 0 Å². The van der Waals surface area contributed by atoms with E-state index < -0.39 is 0 Å². The molecule has 0 bridgehead atoms. The summed E-state index contributed by atoms with van der Waals surface area (Å²) in [6, 6.07) is 7.80. The van der Waals surface area contributed by atoms with Crippen molar-refractivity contribution in [3.8, 4) is 0 Å². The Morgan fingerprint density at radius 2 is 2.00 bits per heavy atom. The van der Waals surface area contributed by atoms with E-state index in [2.05, 4.69) is 4.57 Å². The molecular formula is C19H23ClN2O3. The van der Waals surface area contributed by atoms with Gasteiger partial charge in [-0.1, -0.05) is 17.7 Å². The van der Waals surface area contributed by atoms with E-state index in [4.69, 9.17) is 16.3 Å². The summed E-state index contributed by atoms with van der Waals surface area (Å²) >= 11 is 6.19. The molecule has 0 atom stereocenters. The van der Waals surface area contributed by atoms with E-state index in [1.807, 2.05) is 35.4 Å². The average Bonchev–Trinajstić information content (AvgIpc) is 3.04. The van der Waals surface area contributed by atoms with Gasteiger partial charge in [0.25, 0.3) is 0 Å². The summed E-state index contributed by atoms with van der Waals surface area (Å²) in [7, 11) is 1.42. The second kappa shape index (κ2) is 7.91. The lowest BCUT2D eigenvalue weighted by atomic mass is 9.93. The molecule has 1 fully saturated rings. The van der Waals surface area contributed by atoms with Crippen LogP contribution in [-0.2, 0) is 20.9 Å². The Morgan fingerprint density at radius 1 is 1.24 bits per heavy atom. The molecule has 1 aliphatic heterocycles. The number of methoxy groups -OCH3 is 1. The zero-order valence-corrected chi connectivity index (χ0v) is 15.2. The van der Waals surface area contributed by atoms with Crippen LogP contribution in [0.2, 0.25) is 5.02 Å². The SMILES string of the molecule is COC(=O)CC1CCN(C(=O)CCn2ccc3c(Cl)cccc32)CC1. The van der Waals surface area contributed by atoms with Crippen molar-refractivity contribution in [2.24, 2.45) is 5.92 Å². The summed E-state index contributed by atoms with van der Waals surface area (Å²) in [5.41, 5.74) is 1.05. The summed E-state index contributed by atoms with van der Waals surface area (Å²) in [6.45, 7) is 2.09. The number of aromatic nitrogens is 1. The first-order chi connectivity index (χ1) is 12.1. The molecule has 0 radical (unpaired) electrons. The van der Waals surface area contributed by atoms with Crippen LogP contribution in [0.25, 0.3) is 10.9 Å². The van der Waals surface area contributed by atoms with Crippen LogP contribution in [0.5, 0.6) is 0 Å². The van der Waals surface area contributed by atoms with Crippen LogP contribution in [0.15, 0.2) is 30.5 Å². The normalized spacial score (nSPS) is 15.5. The van der Waals surface area contributed by atoms with Gasteiger partial charge in [0.05, 0.1) is 7.11 Å². The maximum atomic E-state index is 12.5. The summed E-state index contributed by atoms with van der Waals surface area (Å²) < 4.78 is 6.79. The second-order valence-corrected chi connectivity index (χ2v) is 6.94. The summed E-state index contributed by atoms with van der Waals surface area (Å²) in [6.07, 6.45) is 4.63. The standard InChI is InChI=1S/C19H23ClN2O3/c1-25-19(24)13-14-5-9-22(10-6-14)18(23)8-12-21-11-7-15-16(20)3-2-4-17(15)21/h2-4,7,11,14H,5-6,8-10,12-13H2,1H3. The third-order valence-corrected chi connectivity index (χ3v) is 5.31. The molecule has 2 aromatic rings. The van der Waals surface area contributed by atoms with Gasteiger partial charge < -0.3 is 14.2 Å². The largest absolute Gasteiger partial charge is 0.469 e. The smallest absolute Gasteiger partial charge is 0.305 e.